The van der Waals surface area contributed by atoms with Gasteiger partial charge in [-0.05, 0) is 49.0 Å². The smallest absolute Gasteiger partial charge is 0.305 e. The minimum Gasteiger partial charge on any atom is -0.466 e. The molecule has 2 aromatic rings. The molecule has 0 atom stereocenters. The number of nitrogens with one attached hydrogen (secondary N) is 3. The zero-order valence-electron chi connectivity index (χ0n) is 18.0. The summed E-state index contributed by atoms with van der Waals surface area (Å²) in [6.45, 7) is 0.359. The predicted octanol–water partition coefficient (Wildman–Crippen LogP) is 2.99. The van der Waals surface area contributed by atoms with Gasteiger partial charge in [-0.15, -0.1) is 0 Å². The molecule has 2 amide bonds. The summed E-state index contributed by atoms with van der Waals surface area (Å²) in [6, 6.07) is 19.7. The van der Waals surface area contributed by atoms with E-state index in [0.29, 0.717) is 25.9 Å². The number of carbonyl (C=O) groups is 3. The summed E-state index contributed by atoms with van der Waals surface area (Å²) in [5.41, 5.74) is 7.23. The molecule has 0 fully saturated rings. The van der Waals surface area contributed by atoms with Crippen LogP contribution in [0.15, 0.2) is 60.7 Å². The topological polar surface area (TPSA) is 96.5 Å². The third kappa shape index (κ3) is 11.2. The number of rotatable bonds is 11. The van der Waals surface area contributed by atoms with Crippen molar-refractivity contribution in [1.82, 2.24) is 16.2 Å². The third-order valence-electron chi connectivity index (χ3n) is 4.55. The van der Waals surface area contributed by atoms with Gasteiger partial charge in [0.25, 0.3) is 0 Å². The third-order valence-corrected chi connectivity index (χ3v) is 4.76. The molecule has 0 bridgehead atoms. The molecule has 8 heteroatoms. The Kier molecular flexibility index (Phi) is 11.5. The van der Waals surface area contributed by atoms with Crippen molar-refractivity contribution < 1.29 is 19.1 Å². The fourth-order valence-corrected chi connectivity index (χ4v) is 3.05. The monoisotopic (exact) mass is 455 g/mol. The number of ether oxygens (including phenoxy) is 1. The average molecular weight is 456 g/mol. The normalized spacial score (nSPS) is 10.1. The van der Waals surface area contributed by atoms with Gasteiger partial charge in [-0.25, -0.2) is 0 Å². The summed E-state index contributed by atoms with van der Waals surface area (Å²) >= 11 is 4.99. The lowest BCUT2D eigenvalue weighted by Crippen LogP contribution is -2.48. The van der Waals surface area contributed by atoms with Crippen molar-refractivity contribution in [3.8, 4) is 0 Å². The number of hydrogen-bond acceptors (Lipinski definition) is 5. The standard InChI is InChI=1S/C24H29N3O4S/c28-21(14-7-15-23(30)31-18-8-13-19-9-3-1-4-10-19)25-24(32)27-26-22(29)17-16-20-11-5-2-6-12-20/h1-6,9-12H,7-8,13-18H2,(H,26,29)(H2,25,27,28,32). The largest absolute Gasteiger partial charge is 0.466 e. The van der Waals surface area contributed by atoms with E-state index in [9.17, 15) is 14.4 Å². The van der Waals surface area contributed by atoms with Crippen LogP contribution < -0.4 is 16.2 Å². The number of aryl methyl sites for hydroxylation is 2. The fourth-order valence-electron chi connectivity index (χ4n) is 2.88. The lowest BCUT2D eigenvalue weighted by Gasteiger charge is -2.11. The molecule has 2 rings (SSSR count). The number of thiocarbonyl (C=S) groups is 1. The van der Waals surface area contributed by atoms with Crippen LogP contribution in [0.4, 0.5) is 0 Å². The molecule has 0 aliphatic carbocycles. The minimum atomic E-state index is -0.335. The average Bonchev–Trinajstić information content (AvgIpc) is 2.80. The van der Waals surface area contributed by atoms with E-state index >= 15 is 0 Å². The van der Waals surface area contributed by atoms with Crippen molar-refractivity contribution in [3.63, 3.8) is 0 Å². The molecule has 0 radical (unpaired) electrons. The number of esters is 1. The molecule has 7 nitrogen and oxygen atoms in total. The van der Waals surface area contributed by atoms with E-state index in [1.54, 1.807) is 0 Å². The zero-order valence-corrected chi connectivity index (χ0v) is 18.8. The molecule has 0 aliphatic heterocycles. The molecule has 0 unspecified atom stereocenters. The first-order valence-electron chi connectivity index (χ1n) is 10.6. The number of benzene rings is 2. The number of hydrazine groups is 1. The molecule has 0 aromatic heterocycles. The van der Waals surface area contributed by atoms with Crippen LogP contribution in [0.5, 0.6) is 0 Å². The molecule has 3 N–H and O–H groups in total. The highest BCUT2D eigenvalue weighted by atomic mass is 32.1. The second kappa shape index (κ2) is 14.7. The molecule has 0 aliphatic rings. The van der Waals surface area contributed by atoms with Gasteiger partial charge < -0.3 is 10.1 Å². The highest BCUT2D eigenvalue weighted by molar-refractivity contribution is 7.80. The molecular weight excluding hydrogens is 426 g/mol. The number of amides is 2. The Hall–Kier alpha value is -3.26. The second-order valence-electron chi connectivity index (χ2n) is 7.20. The SMILES string of the molecule is O=C(CCc1ccccc1)NNC(=S)NC(=O)CCCC(=O)OCCCc1ccccc1. The zero-order chi connectivity index (χ0) is 23.0. The van der Waals surface area contributed by atoms with Crippen molar-refractivity contribution in [2.45, 2.75) is 44.9 Å². The van der Waals surface area contributed by atoms with Gasteiger partial charge in [0, 0.05) is 19.3 Å². The summed E-state index contributed by atoms with van der Waals surface area (Å²) in [5.74, 6) is -0.893. The maximum atomic E-state index is 11.9. The van der Waals surface area contributed by atoms with E-state index in [4.69, 9.17) is 17.0 Å². The Labute approximate surface area is 193 Å². The van der Waals surface area contributed by atoms with Crippen molar-refractivity contribution >= 4 is 35.1 Å². The summed E-state index contributed by atoms with van der Waals surface area (Å²) in [7, 11) is 0. The lowest BCUT2D eigenvalue weighted by atomic mass is 10.1. The van der Waals surface area contributed by atoms with Crippen LogP contribution in [0.1, 0.15) is 43.2 Å². The van der Waals surface area contributed by atoms with E-state index in [1.165, 1.54) is 5.56 Å². The van der Waals surface area contributed by atoms with Crippen molar-refractivity contribution in [3.05, 3.63) is 71.8 Å². The molecule has 0 heterocycles. The first kappa shape index (κ1) is 25.0. The van der Waals surface area contributed by atoms with Crippen LogP contribution >= 0.6 is 12.2 Å². The summed E-state index contributed by atoms with van der Waals surface area (Å²) in [4.78, 5) is 35.5. The lowest BCUT2D eigenvalue weighted by molar-refractivity contribution is -0.143. The molecule has 0 saturated carbocycles. The second-order valence-corrected chi connectivity index (χ2v) is 7.61. The Morgan fingerprint density at radius 1 is 0.719 bits per heavy atom. The van der Waals surface area contributed by atoms with Gasteiger partial charge in [-0.3, -0.25) is 25.2 Å². The van der Waals surface area contributed by atoms with E-state index in [0.717, 1.165) is 18.4 Å². The highest BCUT2D eigenvalue weighted by Crippen LogP contribution is 2.04. The Morgan fingerprint density at radius 3 is 2.00 bits per heavy atom. The minimum absolute atomic E-state index is 0.00606. The van der Waals surface area contributed by atoms with Gasteiger partial charge in [-0.2, -0.15) is 0 Å². The van der Waals surface area contributed by atoms with Crippen LogP contribution in [0, 0.1) is 0 Å². The fraction of sp³-hybridized carbons (Fsp3) is 0.333. The van der Waals surface area contributed by atoms with Gasteiger partial charge in [0.15, 0.2) is 5.11 Å². The first-order chi connectivity index (χ1) is 15.5. The quantitative estimate of drug-likeness (QED) is 0.209. The summed E-state index contributed by atoms with van der Waals surface area (Å²) < 4.78 is 5.19. The molecule has 0 spiro atoms. The number of hydrogen-bond donors (Lipinski definition) is 3. The van der Waals surface area contributed by atoms with Crippen LogP contribution in [-0.2, 0) is 32.0 Å². The molecule has 32 heavy (non-hydrogen) atoms. The Bertz CT molecular complexity index is 875. The maximum absolute atomic E-state index is 11.9. The van der Waals surface area contributed by atoms with Crippen LogP contribution in [0.2, 0.25) is 0 Å². The molecular formula is C24H29N3O4S. The molecule has 2 aromatic carbocycles. The Balaban J connectivity index is 1.48. The molecule has 0 saturated heterocycles. The van der Waals surface area contributed by atoms with E-state index in [2.05, 4.69) is 16.2 Å². The first-order valence-corrected chi connectivity index (χ1v) is 11.1. The van der Waals surface area contributed by atoms with Gasteiger partial charge in [-0.1, -0.05) is 60.7 Å². The van der Waals surface area contributed by atoms with Gasteiger partial charge in [0.2, 0.25) is 11.8 Å². The van der Waals surface area contributed by atoms with E-state index in [-0.39, 0.29) is 35.7 Å². The summed E-state index contributed by atoms with van der Waals surface area (Å²) in [5, 5.41) is 2.47. The maximum Gasteiger partial charge on any atom is 0.305 e. The van der Waals surface area contributed by atoms with Gasteiger partial charge in [0.05, 0.1) is 6.61 Å². The van der Waals surface area contributed by atoms with Crippen molar-refractivity contribution in [1.29, 1.82) is 0 Å². The van der Waals surface area contributed by atoms with Gasteiger partial charge in [0.1, 0.15) is 0 Å². The van der Waals surface area contributed by atoms with Crippen LogP contribution in [-0.4, -0.2) is 29.5 Å². The van der Waals surface area contributed by atoms with E-state index in [1.807, 2.05) is 60.7 Å². The van der Waals surface area contributed by atoms with Crippen LogP contribution in [0.25, 0.3) is 0 Å². The molecule has 170 valence electrons. The Morgan fingerprint density at radius 2 is 1.34 bits per heavy atom. The highest BCUT2D eigenvalue weighted by Gasteiger charge is 2.09. The van der Waals surface area contributed by atoms with Crippen LogP contribution in [0.3, 0.4) is 0 Å². The number of carbonyl (C=O) groups excluding carboxylic acids is 3. The van der Waals surface area contributed by atoms with Gasteiger partial charge >= 0.3 is 5.97 Å². The van der Waals surface area contributed by atoms with Crippen molar-refractivity contribution in [2.75, 3.05) is 6.61 Å². The predicted molar refractivity (Wildman–Crippen MR) is 126 cm³/mol. The van der Waals surface area contributed by atoms with Crippen molar-refractivity contribution in [2.24, 2.45) is 0 Å². The van der Waals surface area contributed by atoms with E-state index < -0.39 is 0 Å². The summed E-state index contributed by atoms with van der Waals surface area (Å²) in [6.07, 6.45) is 3.15.